The SMILES string of the molecule is CCC=C(CCC)C(OC(C)=O)OC(C)=O. The average molecular weight is 228 g/mol. The third-order valence-electron chi connectivity index (χ3n) is 1.85. The first-order valence-corrected chi connectivity index (χ1v) is 5.54. The zero-order chi connectivity index (χ0) is 12.6. The van der Waals surface area contributed by atoms with Crippen molar-refractivity contribution >= 4 is 11.9 Å². The zero-order valence-electron chi connectivity index (χ0n) is 10.4. The zero-order valence-corrected chi connectivity index (χ0v) is 10.4. The van der Waals surface area contributed by atoms with Crippen LogP contribution in [0.15, 0.2) is 11.6 Å². The molecule has 0 aromatic carbocycles. The molecule has 0 bridgehead atoms. The molecule has 0 heterocycles. The van der Waals surface area contributed by atoms with Crippen molar-refractivity contribution in [3.8, 4) is 0 Å². The molecule has 4 nitrogen and oxygen atoms in total. The fraction of sp³-hybridized carbons (Fsp3) is 0.667. The van der Waals surface area contributed by atoms with Gasteiger partial charge in [-0.25, -0.2) is 0 Å². The van der Waals surface area contributed by atoms with Crippen LogP contribution in [0.1, 0.15) is 47.0 Å². The topological polar surface area (TPSA) is 52.6 Å². The normalized spacial score (nSPS) is 11.4. The standard InChI is InChI=1S/C12H20O4/c1-5-7-11(8-6-2)12(15-9(3)13)16-10(4)14/h7,12H,5-6,8H2,1-4H3. The Bertz CT molecular complexity index is 252. The van der Waals surface area contributed by atoms with Crippen LogP contribution in [-0.2, 0) is 19.1 Å². The molecule has 0 N–H and O–H groups in total. The van der Waals surface area contributed by atoms with Gasteiger partial charge < -0.3 is 9.47 Å². The van der Waals surface area contributed by atoms with Crippen LogP contribution in [0.2, 0.25) is 0 Å². The lowest BCUT2D eigenvalue weighted by molar-refractivity contribution is -0.178. The smallest absolute Gasteiger partial charge is 0.305 e. The molecule has 0 aliphatic rings. The Morgan fingerprint density at radius 2 is 1.62 bits per heavy atom. The van der Waals surface area contributed by atoms with Crippen LogP contribution in [0.5, 0.6) is 0 Å². The van der Waals surface area contributed by atoms with E-state index in [1.165, 1.54) is 13.8 Å². The Hall–Kier alpha value is -1.32. The molecule has 0 rings (SSSR count). The molecule has 0 aliphatic heterocycles. The monoisotopic (exact) mass is 228 g/mol. The molecular formula is C12H20O4. The van der Waals surface area contributed by atoms with Crippen molar-refractivity contribution in [3.05, 3.63) is 11.6 Å². The Balaban J connectivity index is 4.72. The molecule has 0 fully saturated rings. The maximum atomic E-state index is 10.9. The summed E-state index contributed by atoms with van der Waals surface area (Å²) in [5.74, 6) is -0.909. The van der Waals surface area contributed by atoms with E-state index in [9.17, 15) is 9.59 Å². The Morgan fingerprint density at radius 3 is 1.94 bits per heavy atom. The first-order chi connectivity index (χ1) is 7.51. The molecule has 0 unspecified atom stereocenters. The van der Waals surface area contributed by atoms with Gasteiger partial charge in [0.25, 0.3) is 6.29 Å². The van der Waals surface area contributed by atoms with Crippen LogP contribution in [0.4, 0.5) is 0 Å². The van der Waals surface area contributed by atoms with E-state index >= 15 is 0 Å². The maximum Gasteiger partial charge on any atom is 0.305 e. The minimum atomic E-state index is -0.866. The van der Waals surface area contributed by atoms with Crippen LogP contribution in [0.3, 0.4) is 0 Å². The molecule has 0 aromatic rings. The maximum absolute atomic E-state index is 10.9. The van der Waals surface area contributed by atoms with E-state index in [0.717, 1.165) is 24.8 Å². The summed E-state index contributed by atoms with van der Waals surface area (Å²) in [5, 5.41) is 0. The van der Waals surface area contributed by atoms with Crippen molar-refractivity contribution in [1.82, 2.24) is 0 Å². The predicted octanol–water partition coefficient (Wildman–Crippen LogP) is 2.58. The molecular weight excluding hydrogens is 208 g/mol. The predicted molar refractivity (Wildman–Crippen MR) is 60.6 cm³/mol. The Kier molecular flexibility index (Phi) is 7.25. The molecule has 0 aromatic heterocycles. The van der Waals surface area contributed by atoms with Crippen LogP contribution >= 0.6 is 0 Å². The minimum absolute atomic E-state index is 0.454. The molecule has 92 valence electrons. The number of ether oxygens (including phenoxy) is 2. The molecule has 0 amide bonds. The van der Waals surface area contributed by atoms with Crippen LogP contribution in [-0.4, -0.2) is 18.2 Å². The molecule has 0 radical (unpaired) electrons. The fourth-order valence-electron chi connectivity index (χ4n) is 1.34. The van der Waals surface area contributed by atoms with E-state index in [0.29, 0.717) is 0 Å². The van der Waals surface area contributed by atoms with Crippen molar-refractivity contribution in [2.45, 2.75) is 53.2 Å². The highest BCUT2D eigenvalue weighted by atomic mass is 16.7. The summed E-state index contributed by atoms with van der Waals surface area (Å²) in [5.41, 5.74) is 0.843. The number of carbonyl (C=O) groups excluding carboxylic acids is 2. The fourth-order valence-corrected chi connectivity index (χ4v) is 1.34. The molecule has 0 spiro atoms. The number of hydrogen-bond acceptors (Lipinski definition) is 4. The van der Waals surface area contributed by atoms with E-state index in [1.54, 1.807) is 0 Å². The largest absolute Gasteiger partial charge is 0.421 e. The molecule has 0 atom stereocenters. The van der Waals surface area contributed by atoms with Gasteiger partial charge in [0.2, 0.25) is 0 Å². The van der Waals surface area contributed by atoms with E-state index in [4.69, 9.17) is 9.47 Å². The second-order valence-electron chi connectivity index (χ2n) is 3.49. The number of rotatable bonds is 6. The number of hydrogen-bond donors (Lipinski definition) is 0. The Labute approximate surface area is 96.6 Å². The van der Waals surface area contributed by atoms with Gasteiger partial charge in [-0.3, -0.25) is 9.59 Å². The van der Waals surface area contributed by atoms with Gasteiger partial charge >= 0.3 is 11.9 Å². The highest BCUT2D eigenvalue weighted by Gasteiger charge is 2.19. The van der Waals surface area contributed by atoms with Crippen molar-refractivity contribution in [1.29, 1.82) is 0 Å². The lowest BCUT2D eigenvalue weighted by atomic mass is 10.1. The van der Waals surface area contributed by atoms with Gasteiger partial charge in [-0.1, -0.05) is 26.3 Å². The van der Waals surface area contributed by atoms with E-state index < -0.39 is 18.2 Å². The molecule has 16 heavy (non-hydrogen) atoms. The summed E-state index contributed by atoms with van der Waals surface area (Å²) in [6.45, 7) is 6.59. The average Bonchev–Trinajstić information content (AvgIpc) is 2.15. The van der Waals surface area contributed by atoms with Crippen molar-refractivity contribution in [2.24, 2.45) is 0 Å². The quantitative estimate of drug-likeness (QED) is 0.398. The highest BCUT2D eigenvalue weighted by Crippen LogP contribution is 2.16. The minimum Gasteiger partial charge on any atom is -0.421 e. The summed E-state index contributed by atoms with van der Waals surface area (Å²) in [7, 11) is 0. The van der Waals surface area contributed by atoms with Crippen LogP contribution in [0.25, 0.3) is 0 Å². The van der Waals surface area contributed by atoms with Gasteiger partial charge in [0.1, 0.15) is 0 Å². The van der Waals surface area contributed by atoms with Crippen molar-refractivity contribution in [2.75, 3.05) is 0 Å². The van der Waals surface area contributed by atoms with E-state index in [-0.39, 0.29) is 0 Å². The van der Waals surface area contributed by atoms with Gasteiger partial charge in [0, 0.05) is 19.4 Å². The number of esters is 2. The number of allylic oxidation sites excluding steroid dienone is 1. The van der Waals surface area contributed by atoms with Gasteiger partial charge in [-0.05, 0) is 12.8 Å². The second-order valence-corrected chi connectivity index (χ2v) is 3.49. The third kappa shape index (κ3) is 6.22. The summed E-state index contributed by atoms with van der Waals surface area (Å²) in [6, 6.07) is 0. The Morgan fingerprint density at radius 1 is 1.12 bits per heavy atom. The highest BCUT2D eigenvalue weighted by molar-refractivity contribution is 5.68. The van der Waals surface area contributed by atoms with Gasteiger partial charge in [-0.15, -0.1) is 0 Å². The summed E-state index contributed by atoms with van der Waals surface area (Å²) in [6.07, 6.45) is 3.54. The summed E-state index contributed by atoms with van der Waals surface area (Å²) >= 11 is 0. The molecule has 0 saturated heterocycles. The lowest BCUT2D eigenvalue weighted by Crippen LogP contribution is -2.24. The van der Waals surface area contributed by atoms with Gasteiger partial charge in [0.15, 0.2) is 0 Å². The summed E-state index contributed by atoms with van der Waals surface area (Å²) in [4.78, 5) is 21.8. The van der Waals surface area contributed by atoms with Crippen molar-refractivity contribution in [3.63, 3.8) is 0 Å². The first kappa shape index (κ1) is 14.7. The second kappa shape index (κ2) is 7.91. The van der Waals surface area contributed by atoms with Gasteiger partial charge in [-0.2, -0.15) is 0 Å². The molecule has 0 aliphatic carbocycles. The molecule has 4 heteroatoms. The van der Waals surface area contributed by atoms with E-state index in [2.05, 4.69) is 0 Å². The van der Waals surface area contributed by atoms with E-state index in [1.807, 2.05) is 19.9 Å². The van der Waals surface area contributed by atoms with Gasteiger partial charge in [0.05, 0.1) is 0 Å². The van der Waals surface area contributed by atoms with Crippen LogP contribution in [0, 0.1) is 0 Å². The summed E-state index contributed by atoms with van der Waals surface area (Å²) < 4.78 is 9.96. The van der Waals surface area contributed by atoms with Crippen molar-refractivity contribution < 1.29 is 19.1 Å². The number of carbonyl (C=O) groups is 2. The van der Waals surface area contributed by atoms with Crippen LogP contribution < -0.4 is 0 Å². The molecule has 0 saturated carbocycles. The first-order valence-electron chi connectivity index (χ1n) is 5.54. The lowest BCUT2D eigenvalue weighted by Gasteiger charge is -2.19. The third-order valence-corrected chi connectivity index (χ3v) is 1.85.